The van der Waals surface area contributed by atoms with Gasteiger partial charge in [0.25, 0.3) is 5.91 Å². The highest BCUT2D eigenvalue weighted by Crippen LogP contribution is 2.35. The average Bonchev–Trinajstić information content (AvgIpc) is 3.15. The maximum atomic E-state index is 13.8. The van der Waals surface area contributed by atoms with Gasteiger partial charge in [-0.15, -0.1) is 0 Å². The fourth-order valence-electron chi connectivity index (χ4n) is 2.84. The van der Waals surface area contributed by atoms with Gasteiger partial charge < -0.3 is 10.1 Å². The molecule has 3 rings (SSSR count). The lowest BCUT2D eigenvalue weighted by Gasteiger charge is -2.14. The number of para-hydroxylation sites is 2. The maximum Gasteiger partial charge on any atom is 0.434 e. The van der Waals surface area contributed by atoms with Crippen molar-refractivity contribution >= 4 is 17.5 Å². The first-order valence-corrected chi connectivity index (χ1v) is 9.00. The lowest BCUT2D eigenvalue weighted by atomic mass is 10.1. The number of amides is 1. The summed E-state index contributed by atoms with van der Waals surface area (Å²) in [5, 5.41) is 6.89. The molecule has 9 heteroatoms. The Morgan fingerprint density at radius 1 is 1.17 bits per heavy atom. The van der Waals surface area contributed by atoms with Crippen LogP contribution in [0.1, 0.15) is 21.6 Å². The number of aromatic nitrogens is 2. The first-order valence-electron chi connectivity index (χ1n) is 8.62. The smallest absolute Gasteiger partial charge is 0.434 e. The Morgan fingerprint density at radius 2 is 1.86 bits per heavy atom. The number of alkyl halides is 3. The monoisotopic (exact) mass is 423 g/mol. The molecule has 0 aliphatic rings. The van der Waals surface area contributed by atoms with Crippen LogP contribution in [0.3, 0.4) is 0 Å². The van der Waals surface area contributed by atoms with Crippen molar-refractivity contribution in [1.82, 2.24) is 15.1 Å². The third-order valence-electron chi connectivity index (χ3n) is 4.21. The Labute approximate surface area is 170 Å². The highest BCUT2D eigenvalue weighted by molar-refractivity contribution is 6.30. The molecule has 3 aromatic rings. The largest absolute Gasteiger partial charge is 0.494 e. The summed E-state index contributed by atoms with van der Waals surface area (Å²) < 4.78 is 47.1. The number of carbonyl (C=O) groups excluding carboxylic acids is 1. The number of nitrogens with zero attached hydrogens (tertiary/aromatic N) is 2. The van der Waals surface area contributed by atoms with Crippen molar-refractivity contribution in [2.45, 2.75) is 12.6 Å². The van der Waals surface area contributed by atoms with Crippen molar-refractivity contribution in [2.24, 2.45) is 0 Å². The molecule has 0 spiro atoms. The zero-order chi connectivity index (χ0) is 21.0. The summed E-state index contributed by atoms with van der Waals surface area (Å²) in [6.07, 6.45) is -3.43. The minimum Gasteiger partial charge on any atom is -0.494 e. The first-order chi connectivity index (χ1) is 13.8. The Kier molecular flexibility index (Phi) is 6.12. The molecule has 0 aliphatic heterocycles. The maximum absolute atomic E-state index is 13.8. The molecule has 0 atom stereocenters. The molecule has 2 aromatic carbocycles. The van der Waals surface area contributed by atoms with Gasteiger partial charge in [-0.2, -0.15) is 18.3 Å². The zero-order valence-corrected chi connectivity index (χ0v) is 16.1. The van der Waals surface area contributed by atoms with E-state index in [1.165, 1.54) is 19.2 Å². The summed E-state index contributed by atoms with van der Waals surface area (Å²) in [5.41, 5.74) is -0.733. The predicted molar refractivity (Wildman–Crippen MR) is 103 cm³/mol. The lowest BCUT2D eigenvalue weighted by Crippen LogP contribution is -2.28. The molecule has 1 N–H and O–H groups in total. The zero-order valence-electron chi connectivity index (χ0n) is 15.3. The van der Waals surface area contributed by atoms with Gasteiger partial charge in [0.05, 0.1) is 18.9 Å². The van der Waals surface area contributed by atoms with Gasteiger partial charge in [-0.1, -0.05) is 35.9 Å². The molecular weight excluding hydrogens is 407 g/mol. The summed E-state index contributed by atoms with van der Waals surface area (Å²) in [5.74, 6) is -0.650. The van der Waals surface area contributed by atoms with Crippen molar-refractivity contribution in [2.75, 3.05) is 13.7 Å². The van der Waals surface area contributed by atoms with E-state index in [0.717, 1.165) is 11.8 Å². The van der Waals surface area contributed by atoms with Crippen molar-refractivity contribution < 1.29 is 22.7 Å². The fraction of sp³-hybridized carbons (Fsp3) is 0.200. The Bertz CT molecular complexity index is 1000. The van der Waals surface area contributed by atoms with Gasteiger partial charge in [0.15, 0.2) is 5.69 Å². The Balaban J connectivity index is 1.84. The second kappa shape index (κ2) is 8.57. The average molecular weight is 424 g/mol. The van der Waals surface area contributed by atoms with E-state index in [1.807, 2.05) is 0 Å². The molecule has 0 saturated heterocycles. The molecule has 1 aromatic heterocycles. The molecule has 152 valence electrons. The summed E-state index contributed by atoms with van der Waals surface area (Å²) in [4.78, 5) is 12.4. The van der Waals surface area contributed by atoms with Crippen LogP contribution in [0.5, 0.6) is 5.75 Å². The highest BCUT2D eigenvalue weighted by Gasteiger charge is 2.41. The topological polar surface area (TPSA) is 56.2 Å². The molecule has 1 heterocycles. The van der Waals surface area contributed by atoms with Gasteiger partial charge in [0.1, 0.15) is 11.4 Å². The number of hydrogen-bond acceptors (Lipinski definition) is 3. The van der Waals surface area contributed by atoms with Crippen LogP contribution in [0.2, 0.25) is 5.02 Å². The van der Waals surface area contributed by atoms with Crippen LogP contribution < -0.4 is 10.1 Å². The number of ether oxygens (including phenoxy) is 1. The van der Waals surface area contributed by atoms with E-state index in [1.54, 1.807) is 36.4 Å². The minimum atomic E-state index is -4.79. The summed E-state index contributed by atoms with van der Waals surface area (Å²) in [6.45, 7) is 0.164. The van der Waals surface area contributed by atoms with E-state index in [4.69, 9.17) is 16.3 Å². The van der Waals surface area contributed by atoms with Crippen molar-refractivity contribution in [3.63, 3.8) is 0 Å². The van der Waals surface area contributed by atoms with Gasteiger partial charge in [0.2, 0.25) is 0 Å². The van der Waals surface area contributed by atoms with Crippen LogP contribution in [0.4, 0.5) is 13.2 Å². The number of methoxy groups -OCH3 is 1. The number of carbonyl (C=O) groups is 1. The van der Waals surface area contributed by atoms with Gasteiger partial charge in [-0.3, -0.25) is 4.79 Å². The number of nitrogens with one attached hydrogen (secondary N) is 1. The number of hydrogen-bond donors (Lipinski definition) is 1. The van der Waals surface area contributed by atoms with Crippen LogP contribution in [-0.2, 0) is 12.6 Å². The quantitative estimate of drug-likeness (QED) is 0.634. The van der Waals surface area contributed by atoms with E-state index < -0.39 is 23.3 Å². The van der Waals surface area contributed by atoms with Crippen LogP contribution in [0.25, 0.3) is 5.69 Å². The number of halogens is 4. The molecule has 29 heavy (non-hydrogen) atoms. The predicted octanol–water partition coefficient (Wildman–Crippen LogP) is 4.53. The second-order valence-corrected chi connectivity index (χ2v) is 6.56. The van der Waals surface area contributed by atoms with Crippen LogP contribution in [0, 0.1) is 0 Å². The lowest BCUT2D eigenvalue weighted by molar-refractivity contribution is -0.143. The molecule has 1 amide bonds. The van der Waals surface area contributed by atoms with E-state index in [-0.39, 0.29) is 18.0 Å². The summed E-state index contributed by atoms with van der Waals surface area (Å²) in [7, 11) is 1.35. The Hall–Kier alpha value is -3.00. The van der Waals surface area contributed by atoms with Crippen LogP contribution in [-0.4, -0.2) is 29.3 Å². The highest BCUT2D eigenvalue weighted by atomic mass is 35.5. The molecule has 0 unspecified atom stereocenters. The molecule has 0 bridgehead atoms. The van der Waals surface area contributed by atoms with Crippen LogP contribution in [0.15, 0.2) is 54.7 Å². The first kappa shape index (κ1) is 20.7. The molecular formula is C20H17ClF3N3O2. The molecule has 0 radical (unpaired) electrons. The minimum absolute atomic E-state index is 0.0857. The van der Waals surface area contributed by atoms with E-state index in [9.17, 15) is 18.0 Å². The standard InChI is InChI=1S/C20H17ClF3N3O2/c1-29-17-5-3-2-4-16(17)27-18(20(22,23)24)15(12-26-27)19(28)25-11-10-13-6-8-14(21)9-7-13/h2-9,12H,10-11H2,1H3,(H,25,28). The molecule has 5 nitrogen and oxygen atoms in total. The second-order valence-electron chi connectivity index (χ2n) is 6.12. The normalized spacial score (nSPS) is 11.3. The summed E-state index contributed by atoms with van der Waals surface area (Å²) >= 11 is 5.82. The molecule has 0 aliphatic carbocycles. The molecule has 0 saturated carbocycles. The summed E-state index contributed by atoms with van der Waals surface area (Å²) in [6, 6.07) is 13.1. The van der Waals surface area contributed by atoms with Gasteiger partial charge >= 0.3 is 6.18 Å². The SMILES string of the molecule is COc1ccccc1-n1ncc(C(=O)NCCc2ccc(Cl)cc2)c1C(F)(F)F. The van der Waals surface area contributed by atoms with E-state index in [2.05, 4.69) is 10.4 Å². The van der Waals surface area contributed by atoms with Gasteiger partial charge in [-0.25, -0.2) is 4.68 Å². The van der Waals surface area contributed by atoms with Crippen molar-refractivity contribution in [3.05, 3.63) is 76.6 Å². The molecule has 0 fully saturated rings. The van der Waals surface area contributed by atoms with Gasteiger partial charge in [-0.05, 0) is 36.2 Å². The van der Waals surface area contributed by atoms with E-state index >= 15 is 0 Å². The fourth-order valence-corrected chi connectivity index (χ4v) is 2.97. The third-order valence-corrected chi connectivity index (χ3v) is 4.46. The van der Waals surface area contributed by atoms with E-state index in [0.29, 0.717) is 16.1 Å². The van der Waals surface area contributed by atoms with Crippen molar-refractivity contribution in [3.8, 4) is 11.4 Å². The van der Waals surface area contributed by atoms with Crippen LogP contribution >= 0.6 is 11.6 Å². The van der Waals surface area contributed by atoms with Crippen molar-refractivity contribution in [1.29, 1.82) is 0 Å². The third kappa shape index (κ3) is 4.71. The number of benzene rings is 2. The van der Waals surface area contributed by atoms with Gasteiger partial charge in [0, 0.05) is 11.6 Å². The Morgan fingerprint density at radius 3 is 2.52 bits per heavy atom. The number of rotatable bonds is 6.